The van der Waals surface area contributed by atoms with Gasteiger partial charge in [0.15, 0.2) is 5.78 Å². The van der Waals surface area contributed by atoms with Crippen LogP contribution in [0.1, 0.15) is 36.2 Å². The van der Waals surface area contributed by atoms with Gasteiger partial charge in [-0.15, -0.1) is 0 Å². The summed E-state index contributed by atoms with van der Waals surface area (Å²) in [6.07, 6.45) is 4.40. The van der Waals surface area contributed by atoms with E-state index >= 15 is 0 Å². The summed E-state index contributed by atoms with van der Waals surface area (Å²) in [5, 5.41) is 1.66. The van der Waals surface area contributed by atoms with E-state index < -0.39 is 0 Å². The van der Waals surface area contributed by atoms with Crippen molar-refractivity contribution in [3.63, 3.8) is 0 Å². The number of carbonyl (C=O) groups is 1. The molecule has 0 bridgehead atoms. The molecule has 82 valence electrons. The van der Waals surface area contributed by atoms with E-state index in [2.05, 4.69) is 4.57 Å². The molecule has 2 aromatic rings. The van der Waals surface area contributed by atoms with Crippen molar-refractivity contribution in [3.05, 3.63) is 35.0 Å². The molecule has 0 amide bonds. The number of benzene rings is 1. The molecule has 1 aromatic carbocycles. The first-order valence-corrected chi connectivity index (χ1v) is 5.85. The van der Waals surface area contributed by atoms with Crippen LogP contribution in [-0.2, 0) is 0 Å². The third-order valence-electron chi connectivity index (χ3n) is 3.11. The van der Waals surface area contributed by atoms with Crippen molar-refractivity contribution in [2.45, 2.75) is 25.8 Å². The number of hydrogen-bond acceptors (Lipinski definition) is 1. The molecule has 0 spiro atoms. The van der Waals surface area contributed by atoms with E-state index in [-0.39, 0.29) is 5.78 Å². The Bertz CT molecular complexity index is 581. The first kappa shape index (κ1) is 9.91. The topological polar surface area (TPSA) is 22.0 Å². The second-order valence-corrected chi connectivity index (χ2v) is 4.84. The Morgan fingerprint density at radius 3 is 2.81 bits per heavy atom. The Morgan fingerprint density at radius 2 is 2.19 bits per heavy atom. The zero-order valence-corrected chi connectivity index (χ0v) is 9.79. The van der Waals surface area contributed by atoms with Gasteiger partial charge in [0.2, 0.25) is 0 Å². The minimum Gasteiger partial charge on any atom is -0.344 e. The monoisotopic (exact) mass is 233 g/mol. The summed E-state index contributed by atoms with van der Waals surface area (Å²) in [6, 6.07) is 6.35. The lowest BCUT2D eigenvalue weighted by Gasteiger charge is -2.01. The van der Waals surface area contributed by atoms with Crippen LogP contribution in [0.4, 0.5) is 0 Å². The Morgan fingerprint density at radius 1 is 1.44 bits per heavy atom. The molecule has 0 atom stereocenters. The van der Waals surface area contributed by atoms with Gasteiger partial charge in [-0.1, -0.05) is 11.6 Å². The molecule has 3 rings (SSSR count). The lowest BCUT2D eigenvalue weighted by Crippen LogP contribution is -1.91. The molecule has 1 aliphatic carbocycles. The number of carbonyl (C=O) groups excluding carboxylic acids is 1. The van der Waals surface area contributed by atoms with E-state index in [4.69, 9.17) is 11.6 Å². The van der Waals surface area contributed by atoms with Gasteiger partial charge in [-0.3, -0.25) is 4.79 Å². The van der Waals surface area contributed by atoms with E-state index in [0.717, 1.165) is 16.5 Å². The molecule has 1 saturated carbocycles. The molecule has 2 nitrogen and oxygen atoms in total. The highest BCUT2D eigenvalue weighted by Gasteiger charge is 2.26. The fourth-order valence-electron chi connectivity index (χ4n) is 2.16. The average Bonchev–Trinajstić information content (AvgIpc) is 2.99. The highest BCUT2D eigenvalue weighted by atomic mass is 35.5. The number of aromatic nitrogens is 1. The first-order chi connectivity index (χ1) is 7.66. The number of nitrogens with zero attached hydrogens (tertiary/aromatic N) is 1. The summed E-state index contributed by atoms with van der Waals surface area (Å²) >= 11 is 5.98. The summed E-state index contributed by atoms with van der Waals surface area (Å²) in [5.74, 6) is 0.103. The number of Topliss-reactive ketones (excluding diaryl/α,β-unsaturated/α-hetero) is 1. The highest BCUT2D eigenvalue weighted by Crippen LogP contribution is 2.39. The summed E-state index contributed by atoms with van der Waals surface area (Å²) in [6.45, 7) is 1.60. The van der Waals surface area contributed by atoms with Gasteiger partial charge >= 0.3 is 0 Å². The predicted molar refractivity (Wildman–Crippen MR) is 65.2 cm³/mol. The van der Waals surface area contributed by atoms with Crippen molar-refractivity contribution in [2.24, 2.45) is 0 Å². The number of hydrogen-bond donors (Lipinski definition) is 0. The van der Waals surface area contributed by atoms with E-state index in [1.54, 1.807) is 6.92 Å². The first-order valence-electron chi connectivity index (χ1n) is 5.48. The largest absolute Gasteiger partial charge is 0.344 e. The molecule has 1 aromatic heterocycles. The summed E-state index contributed by atoms with van der Waals surface area (Å²) in [7, 11) is 0. The van der Waals surface area contributed by atoms with Crippen molar-refractivity contribution in [2.75, 3.05) is 0 Å². The summed E-state index contributed by atoms with van der Waals surface area (Å²) in [4.78, 5) is 11.6. The zero-order chi connectivity index (χ0) is 11.3. The minimum absolute atomic E-state index is 0.103. The maximum atomic E-state index is 11.6. The van der Waals surface area contributed by atoms with Gasteiger partial charge in [0.1, 0.15) is 0 Å². The summed E-state index contributed by atoms with van der Waals surface area (Å²) in [5.41, 5.74) is 1.90. The van der Waals surface area contributed by atoms with Gasteiger partial charge in [-0.2, -0.15) is 0 Å². The molecule has 1 aliphatic rings. The number of halogens is 1. The van der Waals surface area contributed by atoms with Gasteiger partial charge in [-0.25, -0.2) is 0 Å². The van der Waals surface area contributed by atoms with Crippen LogP contribution in [0.2, 0.25) is 5.02 Å². The maximum Gasteiger partial charge on any atom is 0.161 e. The third kappa shape index (κ3) is 1.45. The molecule has 0 unspecified atom stereocenters. The fourth-order valence-corrected chi connectivity index (χ4v) is 2.33. The molecule has 0 aliphatic heterocycles. The highest BCUT2D eigenvalue weighted by molar-refractivity contribution is 6.31. The molecule has 3 heteroatoms. The van der Waals surface area contributed by atoms with E-state index in [1.807, 2.05) is 24.4 Å². The van der Waals surface area contributed by atoms with Crippen LogP contribution >= 0.6 is 11.6 Å². The number of fused-ring (bicyclic) bond motifs is 1. The molecule has 1 fully saturated rings. The Labute approximate surface area is 98.8 Å². The van der Waals surface area contributed by atoms with Crippen molar-refractivity contribution < 1.29 is 4.79 Å². The van der Waals surface area contributed by atoms with E-state index in [9.17, 15) is 4.79 Å². The molecular formula is C13H12ClNO. The lowest BCUT2D eigenvalue weighted by atomic mass is 10.1. The summed E-state index contributed by atoms with van der Waals surface area (Å²) < 4.78 is 2.21. The van der Waals surface area contributed by atoms with Crippen LogP contribution in [0, 0.1) is 0 Å². The SMILES string of the molecule is CC(=O)c1cn(C2CC2)c2ccc(Cl)cc12. The van der Waals surface area contributed by atoms with Crippen LogP contribution < -0.4 is 0 Å². The number of ketones is 1. The van der Waals surface area contributed by atoms with E-state index in [1.165, 1.54) is 12.8 Å². The van der Waals surface area contributed by atoms with Crippen LogP contribution in [0.25, 0.3) is 10.9 Å². The van der Waals surface area contributed by atoms with Crippen LogP contribution in [-0.4, -0.2) is 10.4 Å². The second-order valence-electron chi connectivity index (χ2n) is 4.40. The molecule has 1 heterocycles. The molecule has 0 saturated heterocycles. The fraction of sp³-hybridized carbons (Fsp3) is 0.308. The van der Waals surface area contributed by atoms with Gasteiger partial charge in [0, 0.05) is 33.7 Å². The van der Waals surface area contributed by atoms with Crippen LogP contribution in [0.5, 0.6) is 0 Å². The van der Waals surface area contributed by atoms with Gasteiger partial charge in [0.25, 0.3) is 0 Å². The molecule has 0 N–H and O–H groups in total. The molecule has 16 heavy (non-hydrogen) atoms. The Balaban J connectivity index is 2.32. The Hall–Kier alpha value is -1.28. The van der Waals surface area contributed by atoms with Gasteiger partial charge in [-0.05, 0) is 38.0 Å². The maximum absolute atomic E-state index is 11.6. The standard InChI is InChI=1S/C13H12ClNO/c1-8(16)12-7-15(10-3-4-10)13-5-2-9(14)6-11(12)13/h2,5-7,10H,3-4H2,1H3. The minimum atomic E-state index is 0.103. The van der Waals surface area contributed by atoms with Gasteiger partial charge < -0.3 is 4.57 Å². The van der Waals surface area contributed by atoms with Gasteiger partial charge in [0.05, 0.1) is 0 Å². The smallest absolute Gasteiger partial charge is 0.161 e. The zero-order valence-electron chi connectivity index (χ0n) is 9.03. The van der Waals surface area contributed by atoms with Crippen LogP contribution in [0.3, 0.4) is 0 Å². The van der Waals surface area contributed by atoms with Crippen molar-refractivity contribution in [1.29, 1.82) is 0 Å². The average molecular weight is 234 g/mol. The molecular weight excluding hydrogens is 222 g/mol. The normalized spacial score (nSPS) is 15.6. The van der Waals surface area contributed by atoms with E-state index in [0.29, 0.717) is 11.1 Å². The quantitative estimate of drug-likeness (QED) is 0.723. The van der Waals surface area contributed by atoms with Crippen molar-refractivity contribution in [1.82, 2.24) is 4.57 Å². The number of rotatable bonds is 2. The predicted octanol–water partition coefficient (Wildman–Crippen LogP) is 3.83. The molecule has 0 radical (unpaired) electrons. The second kappa shape index (κ2) is 3.36. The van der Waals surface area contributed by atoms with Crippen molar-refractivity contribution in [3.8, 4) is 0 Å². The van der Waals surface area contributed by atoms with Crippen LogP contribution in [0.15, 0.2) is 24.4 Å². The van der Waals surface area contributed by atoms with Crippen molar-refractivity contribution >= 4 is 28.3 Å². The third-order valence-corrected chi connectivity index (χ3v) is 3.35. The lowest BCUT2D eigenvalue weighted by molar-refractivity contribution is 0.101. The Kier molecular flexibility index (Phi) is 2.08.